The van der Waals surface area contributed by atoms with Crippen molar-refractivity contribution in [1.82, 2.24) is 19.8 Å². The van der Waals surface area contributed by atoms with Gasteiger partial charge in [0.2, 0.25) is 5.91 Å². The highest BCUT2D eigenvalue weighted by atomic mass is 16.6. The highest BCUT2D eigenvalue weighted by molar-refractivity contribution is 6.06. The van der Waals surface area contributed by atoms with Gasteiger partial charge in [-0.2, -0.15) is 5.26 Å². The molecule has 0 saturated carbocycles. The van der Waals surface area contributed by atoms with E-state index in [0.717, 1.165) is 10.1 Å². The second-order valence-electron chi connectivity index (χ2n) is 9.99. The van der Waals surface area contributed by atoms with Crippen molar-refractivity contribution < 1.29 is 24.2 Å². The molecule has 0 aromatic carbocycles. The number of rotatable bonds is 6. The van der Waals surface area contributed by atoms with Gasteiger partial charge in [0.15, 0.2) is 5.65 Å². The van der Waals surface area contributed by atoms with Crippen LogP contribution in [0.4, 0.5) is 4.79 Å². The Hall–Kier alpha value is -3.45. The molecule has 2 N–H and O–H groups in total. The van der Waals surface area contributed by atoms with Gasteiger partial charge < -0.3 is 20.1 Å². The second-order valence-corrected chi connectivity index (χ2v) is 9.99. The molecule has 1 saturated heterocycles. The fourth-order valence-corrected chi connectivity index (χ4v) is 3.95. The number of hydrogen-bond donors (Lipinski definition) is 2. The van der Waals surface area contributed by atoms with Gasteiger partial charge in [-0.3, -0.25) is 4.79 Å². The van der Waals surface area contributed by atoms with Gasteiger partial charge in [-0.15, -0.1) is 0 Å². The molecule has 0 radical (unpaired) electrons. The van der Waals surface area contributed by atoms with Gasteiger partial charge in [-0.1, -0.05) is 13.8 Å². The number of carboxylic acids is 1. The van der Waals surface area contributed by atoms with Gasteiger partial charge in [0.1, 0.15) is 5.60 Å². The van der Waals surface area contributed by atoms with Crippen LogP contribution in [0, 0.1) is 30.1 Å². The van der Waals surface area contributed by atoms with E-state index in [-0.39, 0.29) is 35.5 Å². The molecule has 1 aliphatic heterocycles. The van der Waals surface area contributed by atoms with Crippen LogP contribution in [-0.2, 0) is 16.1 Å². The Morgan fingerprint density at radius 2 is 1.97 bits per heavy atom. The summed E-state index contributed by atoms with van der Waals surface area (Å²) in [5.74, 6) is -1.45. The summed E-state index contributed by atoms with van der Waals surface area (Å²) >= 11 is 0. The van der Waals surface area contributed by atoms with E-state index in [1.807, 2.05) is 13.8 Å². The number of nitriles is 1. The summed E-state index contributed by atoms with van der Waals surface area (Å²) in [6.07, 6.45) is 2.08. The number of hydrogen-bond acceptors (Lipinski definition) is 7. The van der Waals surface area contributed by atoms with Crippen molar-refractivity contribution in [3.63, 3.8) is 0 Å². The Morgan fingerprint density at radius 3 is 2.50 bits per heavy atom. The van der Waals surface area contributed by atoms with Gasteiger partial charge in [-0.25, -0.2) is 19.1 Å². The lowest BCUT2D eigenvalue weighted by atomic mass is 9.96. The topological polar surface area (TPSA) is 138 Å². The first-order chi connectivity index (χ1) is 15.8. The molecule has 0 spiro atoms. The number of carbonyl (C=O) groups is 3. The zero-order valence-electron chi connectivity index (χ0n) is 20.4. The third-order valence-electron chi connectivity index (χ3n) is 5.77. The third-order valence-corrected chi connectivity index (χ3v) is 5.77. The number of nitrogens with one attached hydrogen (secondary N) is 1. The molecule has 2 aromatic rings. The van der Waals surface area contributed by atoms with Crippen LogP contribution in [0.25, 0.3) is 11.0 Å². The van der Waals surface area contributed by atoms with E-state index in [1.54, 1.807) is 38.8 Å². The lowest BCUT2D eigenvalue weighted by Crippen LogP contribution is -2.57. The van der Waals surface area contributed by atoms with Crippen molar-refractivity contribution in [2.24, 2.45) is 11.8 Å². The molecule has 0 unspecified atom stereocenters. The van der Waals surface area contributed by atoms with Crippen molar-refractivity contribution in [3.8, 4) is 6.07 Å². The second kappa shape index (κ2) is 9.43. The zero-order chi connectivity index (χ0) is 25.4. The minimum atomic E-state index is -1.19. The zero-order valence-corrected chi connectivity index (χ0v) is 20.4. The normalized spacial score (nSPS) is 15.2. The maximum Gasteiger partial charge on any atom is 0.420 e. The van der Waals surface area contributed by atoms with Gasteiger partial charge >= 0.3 is 12.1 Å². The fraction of sp³-hybridized carbons (Fsp3) is 0.542. The number of carboxylic acid groups (broad SMARTS) is 1. The van der Waals surface area contributed by atoms with E-state index in [4.69, 9.17) is 10.00 Å². The molecule has 2 aromatic heterocycles. The largest absolute Gasteiger partial charge is 0.478 e. The molecule has 1 fully saturated rings. The summed E-state index contributed by atoms with van der Waals surface area (Å²) in [6.45, 7) is 11.9. The van der Waals surface area contributed by atoms with Gasteiger partial charge in [0, 0.05) is 37.4 Å². The molecule has 1 aliphatic rings. The van der Waals surface area contributed by atoms with Crippen LogP contribution in [-0.4, -0.2) is 62.3 Å². The van der Waals surface area contributed by atoms with Crippen LogP contribution in [0.1, 0.15) is 56.1 Å². The number of likely N-dealkylation sites (tertiary alicyclic amines) is 1. The Balaban J connectivity index is 1.96. The molecule has 10 heteroatoms. The average Bonchev–Trinajstić information content (AvgIpc) is 3.07. The summed E-state index contributed by atoms with van der Waals surface area (Å²) in [7, 11) is 0. The van der Waals surface area contributed by atoms with Crippen LogP contribution in [0.2, 0.25) is 0 Å². The Bertz CT molecular complexity index is 1170. The van der Waals surface area contributed by atoms with Crippen molar-refractivity contribution in [2.45, 2.75) is 59.7 Å². The fourth-order valence-electron chi connectivity index (χ4n) is 3.95. The molecule has 1 amide bonds. The SMILES string of the molecule is Cc1cnc2c(c(C(=O)O)cn2C(=O)OC(C)(C)C)c1CN[C@@H](C(=O)N1CC(C#N)C1)C(C)C. The molecule has 3 heterocycles. The minimum absolute atomic E-state index is 0.0309. The number of aromatic nitrogens is 2. The molecule has 182 valence electrons. The highest BCUT2D eigenvalue weighted by Crippen LogP contribution is 2.28. The Labute approximate surface area is 198 Å². The number of aryl methyl sites for hydroxylation is 1. The quantitative estimate of drug-likeness (QED) is 0.659. The van der Waals surface area contributed by atoms with Gasteiger partial charge in [-0.05, 0) is 44.7 Å². The molecule has 10 nitrogen and oxygen atoms in total. The molecule has 1 atom stereocenters. The first-order valence-corrected chi connectivity index (χ1v) is 11.2. The highest BCUT2D eigenvalue weighted by Gasteiger charge is 2.36. The molecular weight excluding hydrogens is 438 g/mol. The lowest BCUT2D eigenvalue weighted by Gasteiger charge is -2.38. The third kappa shape index (κ3) is 5.04. The molecule has 34 heavy (non-hydrogen) atoms. The van der Waals surface area contributed by atoms with Crippen molar-refractivity contribution >= 4 is 29.0 Å². The standard InChI is InChI=1S/C24H31N5O5/c1-13(2)19(21(30)28-10-15(7-25)11-28)26-9-16-14(3)8-27-20-18(16)17(22(31)32)12-29(20)23(33)34-24(4,5)6/h8,12-13,15,19,26H,9-11H2,1-6H3,(H,31,32)/t19-/m1/s1. The average molecular weight is 470 g/mol. The van der Waals surface area contributed by atoms with E-state index in [1.165, 1.54) is 6.20 Å². The number of ether oxygens (including phenoxy) is 1. The monoisotopic (exact) mass is 469 g/mol. The maximum absolute atomic E-state index is 13.0. The minimum Gasteiger partial charge on any atom is -0.478 e. The van der Waals surface area contributed by atoms with E-state index in [9.17, 15) is 19.5 Å². The number of amides is 1. The molecule has 0 bridgehead atoms. The number of pyridine rings is 1. The lowest BCUT2D eigenvalue weighted by molar-refractivity contribution is -0.139. The van der Waals surface area contributed by atoms with Crippen LogP contribution < -0.4 is 5.32 Å². The number of fused-ring (bicyclic) bond motifs is 1. The summed E-state index contributed by atoms with van der Waals surface area (Å²) in [6, 6.07) is 1.65. The van der Waals surface area contributed by atoms with Crippen molar-refractivity contribution in [1.29, 1.82) is 5.26 Å². The summed E-state index contributed by atoms with van der Waals surface area (Å²) in [4.78, 5) is 43.7. The van der Waals surface area contributed by atoms with E-state index >= 15 is 0 Å². The summed E-state index contributed by atoms with van der Waals surface area (Å²) < 4.78 is 6.53. The van der Waals surface area contributed by atoms with Crippen LogP contribution >= 0.6 is 0 Å². The smallest absolute Gasteiger partial charge is 0.420 e. The van der Waals surface area contributed by atoms with Crippen molar-refractivity contribution in [2.75, 3.05) is 13.1 Å². The Morgan fingerprint density at radius 1 is 1.32 bits per heavy atom. The summed E-state index contributed by atoms with van der Waals surface area (Å²) in [5, 5.41) is 22.4. The van der Waals surface area contributed by atoms with E-state index < -0.39 is 23.7 Å². The van der Waals surface area contributed by atoms with Crippen LogP contribution in [0.5, 0.6) is 0 Å². The predicted molar refractivity (Wildman–Crippen MR) is 124 cm³/mol. The van der Waals surface area contributed by atoms with Crippen molar-refractivity contribution in [3.05, 3.63) is 29.1 Å². The number of aromatic carboxylic acids is 1. The molecule has 0 aliphatic carbocycles. The van der Waals surface area contributed by atoms with E-state index in [2.05, 4.69) is 16.4 Å². The molecular formula is C24H31N5O5. The first-order valence-electron chi connectivity index (χ1n) is 11.2. The van der Waals surface area contributed by atoms with E-state index in [0.29, 0.717) is 24.0 Å². The Kier molecular flexibility index (Phi) is 6.98. The molecule has 3 rings (SSSR count). The summed E-state index contributed by atoms with van der Waals surface area (Å²) in [5.41, 5.74) is 0.717. The number of nitrogens with zero attached hydrogens (tertiary/aromatic N) is 4. The maximum atomic E-state index is 13.0. The number of carbonyl (C=O) groups excluding carboxylic acids is 2. The van der Waals surface area contributed by atoms with Crippen LogP contribution in [0.15, 0.2) is 12.4 Å². The van der Waals surface area contributed by atoms with Gasteiger partial charge in [0.05, 0.1) is 23.6 Å². The van der Waals surface area contributed by atoms with Crippen LogP contribution in [0.3, 0.4) is 0 Å². The predicted octanol–water partition coefficient (Wildman–Crippen LogP) is 2.92. The van der Waals surface area contributed by atoms with Gasteiger partial charge in [0.25, 0.3) is 0 Å². The first kappa shape index (κ1) is 25.2.